The quantitative estimate of drug-likeness (QED) is 0.773. The van der Waals surface area contributed by atoms with E-state index in [9.17, 15) is 18.0 Å². The molecule has 0 saturated carbocycles. The maximum absolute atomic E-state index is 12.5. The first-order valence-corrected chi connectivity index (χ1v) is 5.41. The highest BCUT2D eigenvalue weighted by Gasteiger charge is 2.33. The second-order valence-electron chi connectivity index (χ2n) is 4.80. The molecule has 0 atom stereocenters. The van der Waals surface area contributed by atoms with E-state index in [0.29, 0.717) is 6.07 Å². The number of halogens is 3. The van der Waals surface area contributed by atoms with E-state index in [2.05, 4.69) is 10.3 Å². The first-order valence-electron chi connectivity index (χ1n) is 5.41. The summed E-state index contributed by atoms with van der Waals surface area (Å²) in [5.74, 6) is -1.08. The van der Waals surface area contributed by atoms with Gasteiger partial charge < -0.3 is 16.8 Å². The lowest BCUT2D eigenvalue weighted by Gasteiger charge is -2.20. The predicted octanol–water partition coefficient (Wildman–Crippen LogP) is 1.35. The topological polar surface area (TPSA) is 94.0 Å². The van der Waals surface area contributed by atoms with E-state index >= 15 is 0 Å². The Kier molecular flexibility index (Phi) is 4.04. The molecule has 0 aromatic carbocycles. The molecule has 0 aliphatic rings. The highest BCUT2D eigenvalue weighted by molar-refractivity contribution is 5.97. The number of alkyl halides is 3. The minimum absolute atomic E-state index is 0.114. The van der Waals surface area contributed by atoms with Crippen molar-refractivity contribution in [2.24, 2.45) is 11.5 Å². The summed E-state index contributed by atoms with van der Waals surface area (Å²) in [6, 6.07) is 1.70. The minimum atomic E-state index is -4.59. The number of nitrogens with two attached hydrogens (primary N) is 2. The highest BCUT2D eigenvalue weighted by atomic mass is 19.4. The molecule has 106 valence electrons. The zero-order chi connectivity index (χ0) is 14.8. The average molecular weight is 276 g/mol. The normalized spacial score (nSPS) is 12.3. The van der Waals surface area contributed by atoms with E-state index in [-0.39, 0.29) is 17.9 Å². The summed E-state index contributed by atoms with van der Waals surface area (Å²) in [6.07, 6.45) is -4.59. The Bertz CT molecular complexity index is 480. The standard InChI is InChI=1S/C11H15F3N4O/c1-10(2,16)5-17-9-6(8(15)19)3-4-7(18-9)11(12,13)14/h3-4H,5,16H2,1-2H3,(H2,15,19)(H,17,18). The monoisotopic (exact) mass is 276 g/mol. The Hall–Kier alpha value is -1.83. The van der Waals surface area contributed by atoms with Crippen LogP contribution < -0.4 is 16.8 Å². The van der Waals surface area contributed by atoms with Gasteiger partial charge in [0.2, 0.25) is 0 Å². The van der Waals surface area contributed by atoms with E-state index < -0.39 is 23.3 Å². The number of hydrogen-bond acceptors (Lipinski definition) is 4. The lowest BCUT2D eigenvalue weighted by atomic mass is 10.1. The first-order chi connectivity index (χ1) is 8.50. The molecule has 0 unspecified atom stereocenters. The molecule has 0 fully saturated rings. The predicted molar refractivity (Wildman–Crippen MR) is 64.5 cm³/mol. The Morgan fingerprint density at radius 1 is 1.37 bits per heavy atom. The van der Waals surface area contributed by atoms with Crippen molar-refractivity contribution in [3.63, 3.8) is 0 Å². The van der Waals surface area contributed by atoms with Crippen LogP contribution >= 0.6 is 0 Å². The number of aromatic nitrogens is 1. The number of hydrogen-bond donors (Lipinski definition) is 3. The third-order valence-electron chi connectivity index (χ3n) is 2.16. The summed E-state index contributed by atoms with van der Waals surface area (Å²) < 4.78 is 37.6. The molecule has 0 spiro atoms. The lowest BCUT2D eigenvalue weighted by Crippen LogP contribution is -2.40. The van der Waals surface area contributed by atoms with Crippen LogP contribution in [0.15, 0.2) is 12.1 Å². The zero-order valence-corrected chi connectivity index (χ0v) is 10.5. The van der Waals surface area contributed by atoms with Gasteiger partial charge in [-0.3, -0.25) is 4.79 Å². The molecule has 0 aliphatic carbocycles. The number of amides is 1. The Morgan fingerprint density at radius 2 is 1.95 bits per heavy atom. The summed E-state index contributed by atoms with van der Waals surface area (Å²) in [7, 11) is 0. The summed E-state index contributed by atoms with van der Waals surface area (Å²) in [4.78, 5) is 14.5. The average Bonchev–Trinajstić information content (AvgIpc) is 2.23. The molecule has 1 amide bonds. The van der Waals surface area contributed by atoms with Gasteiger partial charge in [-0.1, -0.05) is 0 Å². The van der Waals surface area contributed by atoms with Gasteiger partial charge in [0.25, 0.3) is 5.91 Å². The molecular weight excluding hydrogens is 261 g/mol. The fourth-order valence-corrected chi connectivity index (χ4v) is 1.26. The molecule has 19 heavy (non-hydrogen) atoms. The Morgan fingerprint density at radius 3 is 2.37 bits per heavy atom. The highest BCUT2D eigenvalue weighted by Crippen LogP contribution is 2.29. The van der Waals surface area contributed by atoms with Crippen LogP contribution in [0.1, 0.15) is 29.9 Å². The van der Waals surface area contributed by atoms with Crippen molar-refractivity contribution in [3.05, 3.63) is 23.4 Å². The van der Waals surface area contributed by atoms with Gasteiger partial charge in [-0.15, -0.1) is 0 Å². The van der Waals surface area contributed by atoms with Gasteiger partial charge in [-0.2, -0.15) is 13.2 Å². The maximum atomic E-state index is 12.5. The molecule has 5 nitrogen and oxygen atoms in total. The van der Waals surface area contributed by atoms with Gasteiger partial charge in [-0.05, 0) is 26.0 Å². The lowest BCUT2D eigenvalue weighted by molar-refractivity contribution is -0.141. The fraction of sp³-hybridized carbons (Fsp3) is 0.455. The molecule has 1 rings (SSSR count). The molecule has 5 N–H and O–H groups in total. The second kappa shape index (κ2) is 5.04. The van der Waals surface area contributed by atoms with E-state index in [1.807, 2.05) is 0 Å². The molecule has 0 saturated heterocycles. The molecule has 1 aromatic rings. The van der Waals surface area contributed by atoms with Gasteiger partial charge in [0.15, 0.2) is 0 Å². The third-order valence-corrected chi connectivity index (χ3v) is 2.16. The number of pyridine rings is 1. The fourth-order valence-electron chi connectivity index (χ4n) is 1.26. The van der Waals surface area contributed by atoms with Gasteiger partial charge in [0.1, 0.15) is 11.5 Å². The van der Waals surface area contributed by atoms with Gasteiger partial charge in [0.05, 0.1) is 5.56 Å². The van der Waals surface area contributed by atoms with Crippen LogP contribution in [0.2, 0.25) is 0 Å². The van der Waals surface area contributed by atoms with Crippen molar-refractivity contribution >= 4 is 11.7 Å². The van der Waals surface area contributed by atoms with Crippen LogP contribution in [0.5, 0.6) is 0 Å². The smallest absolute Gasteiger partial charge is 0.368 e. The van der Waals surface area contributed by atoms with Crippen molar-refractivity contribution in [2.75, 3.05) is 11.9 Å². The minimum Gasteiger partial charge on any atom is -0.368 e. The molecule has 1 heterocycles. The van der Waals surface area contributed by atoms with Crippen LogP contribution in [0.25, 0.3) is 0 Å². The van der Waals surface area contributed by atoms with E-state index in [0.717, 1.165) is 6.07 Å². The van der Waals surface area contributed by atoms with Crippen molar-refractivity contribution in [1.82, 2.24) is 4.98 Å². The summed E-state index contributed by atoms with van der Waals surface area (Å²) in [5.41, 5.74) is 8.89. The molecular formula is C11H15F3N4O. The molecule has 0 radical (unpaired) electrons. The second-order valence-corrected chi connectivity index (χ2v) is 4.80. The van der Waals surface area contributed by atoms with Gasteiger partial charge in [0, 0.05) is 12.1 Å². The Labute approximate surface area is 108 Å². The summed E-state index contributed by atoms with van der Waals surface area (Å²) in [6.45, 7) is 3.50. The van der Waals surface area contributed by atoms with Crippen LogP contribution in [0, 0.1) is 0 Å². The third kappa shape index (κ3) is 4.40. The number of nitrogens with zero attached hydrogens (tertiary/aromatic N) is 1. The SMILES string of the molecule is CC(C)(N)CNc1nc(C(F)(F)F)ccc1C(N)=O. The number of primary amides is 1. The Balaban J connectivity index is 3.13. The summed E-state index contributed by atoms with van der Waals surface area (Å²) in [5, 5.41) is 2.61. The number of nitrogens with one attached hydrogen (secondary N) is 1. The zero-order valence-electron chi connectivity index (χ0n) is 10.5. The summed E-state index contributed by atoms with van der Waals surface area (Å²) >= 11 is 0. The first kappa shape index (κ1) is 15.2. The molecule has 0 bridgehead atoms. The van der Waals surface area contributed by atoms with E-state index in [1.165, 1.54) is 0 Å². The maximum Gasteiger partial charge on any atom is 0.433 e. The molecule has 0 aliphatic heterocycles. The van der Waals surface area contributed by atoms with Crippen molar-refractivity contribution in [3.8, 4) is 0 Å². The van der Waals surface area contributed by atoms with Gasteiger partial charge in [-0.25, -0.2) is 4.98 Å². The van der Waals surface area contributed by atoms with Crippen molar-refractivity contribution in [1.29, 1.82) is 0 Å². The van der Waals surface area contributed by atoms with Crippen LogP contribution in [-0.2, 0) is 6.18 Å². The van der Waals surface area contributed by atoms with E-state index in [4.69, 9.17) is 11.5 Å². The van der Waals surface area contributed by atoms with Crippen LogP contribution in [0.3, 0.4) is 0 Å². The van der Waals surface area contributed by atoms with E-state index in [1.54, 1.807) is 13.8 Å². The number of carbonyl (C=O) groups excluding carboxylic acids is 1. The largest absolute Gasteiger partial charge is 0.433 e. The molecule has 8 heteroatoms. The van der Waals surface area contributed by atoms with Crippen molar-refractivity contribution in [2.45, 2.75) is 25.6 Å². The van der Waals surface area contributed by atoms with Crippen LogP contribution in [0.4, 0.5) is 19.0 Å². The number of anilines is 1. The number of carbonyl (C=O) groups is 1. The van der Waals surface area contributed by atoms with Crippen molar-refractivity contribution < 1.29 is 18.0 Å². The molecule has 1 aromatic heterocycles. The van der Waals surface area contributed by atoms with Crippen LogP contribution in [-0.4, -0.2) is 23.0 Å². The number of rotatable bonds is 4. The van der Waals surface area contributed by atoms with Gasteiger partial charge >= 0.3 is 6.18 Å².